The van der Waals surface area contributed by atoms with Crippen molar-refractivity contribution in [1.29, 1.82) is 0 Å². The molecule has 1 heterocycles. The molecule has 1 aromatic heterocycles. The van der Waals surface area contributed by atoms with Gasteiger partial charge in [-0.05, 0) is 35.9 Å². The van der Waals surface area contributed by atoms with E-state index in [2.05, 4.69) is 15.0 Å². The normalized spacial score (nSPS) is 10.7. The van der Waals surface area contributed by atoms with Gasteiger partial charge in [-0.15, -0.1) is 0 Å². The zero-order chi connectivity index (χ0) is 18.0. The second kappa shape index (κ2) is 7.17. The molecular weight excluding hydrogens is 363 g/mol. The fraction of sp³-hybridized carbons (Fsp3) is 0.111. The molecule has 0 aliphatic rings. The fourth-order valence-electron chi connectivity index (χ4n) is 2.54. The SMILES string of the molecule is COC(=O)c1ccc(Cl)c(NC(=O)Cc2c[nH]c3cc(Cl)ccc23)c1. The molecule has 3 rings (SSSR count). The van der Waals surface area contributed by atoms with E-state index in [1.807, 2.05) is 6.07 Å². The Bertz CT molecular complexity index is 966. The summed E-state index contributed by atoms with van der Waals surface area (Å²) in [4.78, 5) is 27.1. The molecule has 3 aromatic rings. The number of carbonyl (C=O) groups is 2. The van der Waals surface area contributed by atoms with Gasteiger partial charge in [0.1, 0.15) is 0 Å². The van der Waals surface area contributed by atoms with Crippen molar-refractivity contribution in [1.82, 2.24) is 4.98 Å². The number of rotatable bonds is 4. The number of aromatic amines is 1. The van der Waals surface area contributed by atoms with Crippen molar-refractivity contribution < 1.29 is 14.3 Å². The van der Waals surface area contributed by atoms with E-state index < -0.39 is 5.97 Å². The summed E-state index contributed by atoms with van der Waals surface area (Å²) in [7, 11) is 1.29. The third-order valence-electron chi connectivity index (χ3n) is 3.74. The van der Waals surface area contributed by atoms with Crippen LogP contribution in [0.4, 0.5) is 5.69 Å². The van der Waals surface area contributed by atoms with E-state index in [4.69, 9.17) is 23.2 Å². The molecule has 0 saturated carbocycles. The van der Waals surface area contributed by atoms with E-state index in [0.717, 1.165) is 16.5 Å². The monoisotopic (exact) mass is 376 g/mol. The van der Waals surface area contributed by atoms with Crippen LogP contribution in [-0.2, 0) is 16.0 Å². The van der Waals surface area contributed by atoms with Crippen LogP contribution in [0.1, 0.15) is 15.9 Å². The van der Waals surface area contributed by atoms with E-state index in [1.54, 1.807) is 18.3 Å². The third kappa shape index (κ3) is 3.78. The molecule has 0 unspecified atom stereocenters. The number of nitrogens with one attached hydrogen (secondary N) is 2. The van der Waals surface area contributed by atoms with Gasteiger partial charge < -0.3 is 15.0 Å². The summed E-state index contributed by atoms with van der Waals surface area (Å²) in [5.74, 6) is -0.750. The second-order valence-electron chi connectivity index (χ2n) is 5.41. The first kappa shape index (κ1) is 17.3. The van der Waals surface area contributed by atoms with Crippen LogP contribution in [0.3, 0.4) is 0 Å². The Kier molecular flexibility index (Phi) is 4.97. The molecule has 0 atom stereocenters. The first-order valence-electron chi connectivity index (χ1n) is 7.41. The highest BCUT2D eigenvalue weighted by Crippen LogP contribution is 2.25. The third-order valence-corrected chi connectivity index (χ3v) is 4.31. The van der Waals surface area contributed by atoms with Crippen LogP contribution in [0.2, 0.25) is 10.0 Å². The fourth-order valence-corrected chi connectivity index (χ4v) is 2.87. The number of benzene rings is 2. The molecule has 7 heteroatoms. The number of esters is 1. The molecule has 0 fully saturated rings. The summed E-state index contributed by atoms with van der Waals surface area (Å²) in [6.07, 6.45) is 1.92. The molecule has 0 aliphatic carbocycles. The Balaban J connectivity index is 1.79. The maximum Gasteiger partial charge on any atom is 0.337 e. The highest BCUT2D eigenvalue weighted by atomic mass is 35.5. The van der Waals surface area contributed by atoms with Gasteiger partial charge in [0, 0.05) is 22.1 Å². The number of ether oxygens (including phenoxy) is 1. The minimum absolute atomic E-state index is 0.153. The number of H-pyrrole nitrogens is 1. The highest BCUT2D eigenvalue weighted by molar-refractivity contribution is 6.34. The Morgan fingerprint density at radius 1 is 1.16 bits per heavy atom. The van der Waals surface area contributed by atoms with Crippen molar-refractivity contribution in [3.05, 3.63) is 63.8 Å². The molecule has 0 radical (unpaired) electrons. The average molecular weight is 377 g/mol. The molecule has 0 spiro atoms. The van der Waals surface area contributed by atoms with Crippen LogP contribution in [0.15, 0.2) is 42.6 Å². The van der Waals surface area contributed by atoms with Crippen molar-refractivity contribution in [2.45, 2.75) is 6.42 Å². The number of carbonyl (C=O) groups excluding carboxylic acids is 2. The zero-order valence-electron chi connectivity index (χ0n) is 13.2. The van der Waals surface area contributed by atoms with E-state index >= 15 is 0 Å². The van der Waals surface area contributed by atoms with Crippen LogP contribution in [0.25, 0.3) is 10.9 Å². The van der Waals surface area contributed by atoms with Crippen molar-refractivity contribution in [3.8, 4) is 0 Å². The minimum Gasteiger partial charge on any atom is -0.465 e. The van der Waals surface area contributed by atoms with Gasteiger partial charge in [0.15, 0.2) is 0 Å². The lowest BCUT2D eigenvalue weighted by atomic mass is 10.1. The first-order valence-corrected chi connectivity index (χ1v) is 8.17. The summed E-state index contributed by atoms with van der Waals surface area (Å²) in [5, 5.41) is 4.61. The van der Waals surface area contributed by atoms with Crippen LogP contribution >= 0.6 is 23.2 Å². The summed E-state index contributed by atoms with van der Waals surface area (Å²) >= 11 is 12.1. The first-order chi connectivity index (χ1) is 12.0. The van der Waals surface area contributed by atoms with Gasteiger partial charge in [-0.3, -0.25) is 4.79 Å². The van der Waals surface area contributed by atoms with E-state index in [-0.39, 0.29) is 12.3 Å². The van der Waals surface area contributed by atoms with E-state index in [0.29, 0.717) is 21.3 Å². The molecule has 128 valence electrons. The smallest absolute Gasteiger partial charge is 0.337 e. The lowest BCUT2D eigenvalue weighted by Gasteiger charge is -2.09. The number of hydrogen-bond acceptors (Lipinski definition) is 3. The number of hydrogen-bond donors (Lipinski definition) is 2. The number of methoxy groups -OCH3 is 1. The minimum atomic E-state index is -0.499. The molecule has 2 N–H and O–H groups in total. The summed E-state index contributed by atoms with van der Waals surface area (Å²) in [6.45, 7) is 0. The average Bonchev–Trinajstić information content (AvgIpc) is 2.97. The lowest BCUT2D eigenvalue weighted by molar-refractivity contribution is -0.115. The van der Waals surface area contributed by atoms with E-state index in [1.165, 1.54) is 25.3 Å². The van der Waals surface area contributed by atoms with Gasteiger partial charge in [-0.25, -0.2) is 4.79 Å². The topological polar surface area (TPSA) is 71.2 Å². The zero-order valence-corrected chi connectivity index (χ0v) is 14.7. The Morgan fingerprint density at radius 3 is 2.72 bits per heavy atom. The van der Waals surface area contributed by atoms with Crippen LogP contribution < -0.4 is 5.32 Å². The van der Waals surface area contributed by atoms with E-state index in [9.17, 15) is 9.59 Å². The molecule has 1 amide bonds. The van der Waals surface area contributed by atoms with Crippen molar-refractivity contribution in [2.75, 3.05) is 12.4 Å². The highest BCUT2D eigenvalue weighted by Gasteiger charge is 2.13. The van der Waals surface area contributed by atoms with Gasteiger partial charge in [0.05, 0.1) is 29.8 Å². The standard InChI is InChI=1S/C18H14Cl2N2O3/c1-25-18(24)10-2-5-14(20)16(6-10)22-17(23)7-11-9-21-15-8-12(19)3-4-13(11)15/h2-6,8-9,21H,7H2,1H3,(H,22,23). The summed E-state index contributed by atoms with van der Waals surface area (Å²) < 4.78 is 4.67. The number of amides is 1. The maximum atomic E-state index is 12.4. The molecule has 5 nitrogen and oxygen atoms in total. The summed E-state index contributed by atoms with van der Waals surface area (Å²) in [5.41, 5.74) is 2.37. The quantitative estimate of drug-likeness (QED) is 0.661. The largest absolute Gasteiger partial charge is 0.465 e. The van der Waals surface area contributed by atoms with Gasteiger partial charge in [0.25, 0.3) is 0 Å². The number of anilines is 1. The van der Waals surface area contributed by atoms with Crippen molar-refractivity contribution in [2.24, 2.45) is 0 Å². The predicted molar refractivity (Wildman–Crippen MR) is 98.4 cm³/mol. The molecule has 0 saturated heterocycles. The van der Waals surface area contributed by atoms with Crippen LogP contribution in [-0.4, -0.2) is 24.0 Å². The molecule has 2 aromatic carbocycles. The lowest BCUT2D eigenvalue weighted by Crippen LogP contribution is -2.15. The Hall–Kier alpha value is -2.50. The van der Waals surface area contributed by atoms with Gasteiger partial charge in [0.2, 0.25) is 5.91 Å². The van der Waals surface area contributed by atoms with Gasteiger partial charge >= 0.3 is 5.97 Å². The molecule has 25 heavy (non-hydrogen) atoms. The second-order valence-corrected chi connectivity index (χ2v) is 6.26. The molecule has 0 aliphatic heterocycles. The predicted octanol–water partition coefficient (Wildman–Crippen LogP) is 4.44. The number of fused-ring (bicyclic) bond motifs is 1. The van der Waals surface area contributed by atoms with Gasteiger partial charge in [-0.1, -0.05) is 29.3 Å². The van der Waals surface area contributed by atoms with Crippen LogP contribution in [0.5, 0.6) is 0 Å². The Morgan fingerprint density at radius 2 is 1.96 bits per heavy atom. The Labute approximate surface area is 153 Å². The number of halogens is 2. The molecular formula is C18H14Cl2N2O3. The summed E-state index contributed by atoms with van der Waals surface area (Å²) in [6, 6.07) is 10.00. The molecule has 0 bridgehead atoms. The van der Waals surface area contributed by atoms with Crippen molar-refractivity contribution >= 4 is 51.7 Å². The van der Waals surface area contributed by atoms with Crippen LogP contribution in [0, 0.1) is 0 Å². The number of aromatic nitrogens is 1. The maximum absolute atomic E-state index is 12.4. The van der Waals surface area contributed by atoms with Gasteiger partial charge in [-0.2, -0.15) is 0 Å². The van der Waals surface area contributed by atoms with Crippen molar-refractivity contribution in [3.63, 3.8) is 0 Å².